The number of nitro benzene ring substituents is 1. The Balaban J connectivity index is 1.96. The molecule has 1 atom stereocenters. The molecule has 1 saturated heterocycles. The standard InChI is InChI=1S/C13H14N4O3/c14-12-7-16(15-13(12)9-4-5-20-8-9)10-2-1-3-11(6-10)17(18)19/h1-3,6-7,9H,4-5,8,14H2. The second-order valence-electron chi connectivity index (χ2n) is 4.75. The molecule has 20 heavy (non-hydrogen) atoms. The number of rotatable bonds is 3. The zero-order valence-electron chi connectivity index (χ0n) is 10.7. The average molecular weight is 274 g/mol. The molecular formula is C13H14N4O3. The van der Waals surface area contributed by atoms with Gasteiger partial charge in [-0.15, -0.1) is 0 Å². The highest BCUT2D eigenvalue weighted by atomic mass is 16.6. The first-order valence-electron chi connectivity index (χ1n) is 6.33. The van der Waals surface area contributed by atoms with Gasteiger partial charge in [-0.05, 0) is 12.5 Å². The number of nitrogen functional groups attached to an aromatic ring is 1. The van der Waals surface area contributed by atoms with E-state index >= 15 is 0 Å². The van der Waals surface area contributed by atoms with Crippen LogP contribution in [0.25, 0.3) is 5.69 Å². The number of aromatic nitrogens is 2. The molecule has 0 spiro atoms. The first kappa shape index (κ1) is 12.6. The van der Waals surface area contributed by atoms with Crippen molar-refractivity contribution in [3.8, 4) is 5.69 Å². The number of nitro groups is 1. The number of hydrogen-bond acceptors (Lipinski definition) is 5. The van der Waals surface area contributed by atoms with Crippen molar-refractivity contribution in [2.45, 2.75) is 12.3 Å². The van der Waals surface area contributed by atoms with Crippen LogP contribution in [0.15, 0.2) is 30.5 Å². The van der Waals surface area contributed by atoms with Crippen molar-refractivity contribution in [2.75, 3.05) is 18.9 Å². The van der Waals surface area contributed by atoms with Gasteiger partial charge in [0.25, 0.3) is 5.69 Å². The predicted octanol–water partition coefficient (Wildman–Crippen LogP) is 1.87. The van der Waals surface area contributed by atoms with Gasteiger partial charge in [0, 0.05) is 24.7 Å². The van der Waals surface area contributed by atoms with Crippen LogP contribution in [-0.4, -0.2) is 27.9 Å². The Kier molecular flexibility index (Phi) is 3.11. The van der Waals surface area contributed by atoms with Gasteiger partial charge in [-0.1, -0.05) is 6.07 Å². The minimum Gasteiger partial charge on any atom is -0.396 e. The Labute approximate surface area is 115 Å². The van der Waals surface area contributed by atoms with Crippen LogP contribution in [0.2, 0.25) is 0 Å². The van der Waals surface area contributed by atoms with E-state index in [4.69, 9.17) is 10.5 Å². The molecule has 2 N–H and O–H groups in total. The molecule has 104 valence electrons. The summed E-state index contributed by atoms with van der Waals surface area (Å²) in [6.45, 7) is 1.34. The second-order valence-corrected chi connectivity index (χ2v) is 4.75. The highest BCUT2D eigenvalue weighted by molar-refractivity contribution is 5.48. The van der Waals surface area contributed by atoms with E-state index in [1.165, 1.54) is 12.1 Å². The minimum atomic E-state index is -0.428. The Hall–Kier alpha value is -2.41. The zero-order valence-corrected chi connectivity index (χ0v) is 10.7. The Morgan fingerprint density at radius 1 is 1.50 bits per heavy atom. The van der Waals surface area contributed by atoms with Crippen molar-refractivity contribution in [3.63, 3.8) is 0 Å². The van der Waals surface area contributed by atoms with Gasteiger partial charge in [0.05, 0.1) is 34.8 Å². The molecule has 1 aliphatic heterocycles. The van der Waals surface area contributed by atoms with Gasteiger partial charge in [-0.2, -0.15) is 5.10 Å². The van der Waals surface area contributed by atoms with Crippen molar-refractivity contribution in [3.05, 3.63) is 46.3 Å². The first-order chi connectivity index (χ1) is 9.65. The summed E-state index contributed by atoms with van der Waals surface area (Å²) in [6.07, 6.45) is 2.59. The summed E-state index contributed by atoms with van der Waals surface area (Å²) in [6, 6.07) is 6.31. The lowest BCUT2D eigenvalue weighted by molar-refractivity contribution is -0.384. The highest BCUT2D eigenvalue weighted by Crippen LogP contribution is 2.29. The van der Waals surface area contributed by atoms with Gasteiger partial charge < -0.3 is 10.5 Å². The summed E-state index contributed by atoms with van der Waals surface area (Å²) in [4.78, 5) is 10.4. The SMILES string of the molecule is Nc1cn(-c2cccc([N+](=O)[O-])c2)nc1C1CCOC1. The van der Waals surface area contributed by atoms with Crippen molar-refractivity contribution in [1.82, 2.24) is 9.78 Å². The van der Waals surface area contributed by atoms with E-state index in [1.807, 2.05) is 0 Å². The minimum absolute atomic E-state index is 0.0299. The fraction of sp³-hybridized carbons (Fsp3) is 0.308. The van der Waals surface area contributed by atoms with Gasteiger partial charge >= 0.3 is 0 Å². The lowest BCUT2D eigenvalue weighted by atomic mass is 10.0. The molecule has 1 aliphatic rings. The summed E-state index contributed by atoms with van der Waals surface area (Å²) in [5.74, 6) is 0.204. The topological polar surface area (TPSA) is 96.2 Å². The normalized spacial score (nSPS) is 18.3. The second kappa shape index (κ2) is 4.93. The third-order valence-electron chi connectivity index (χ3n) is 3.39. The Morgan fingerprint density at radius 2 is 2.35 bits per heavy atom. The lowest BCUT2D eigenvalue weighted by Gasteiger charge is -2.04. The van der Waals surface area contributed by atoms with Crippen LogP contribution in [0.4, 0.5) is 11.4 Å². The molecule has 2 heterocycles. The van der Waals surface area contributed by atoms with Crippen molar-refractivity contribution in [2.24, 2.45) is 0 Å². The van der Waals surface area contributed by atoms with Gasteiger partial charge in [0.2, 0.25) is 0 Å². The van der Waals surface area contributed by atoms with Crippen molar-refractivity contribution in [1.29, 1.82) is 0 Å². The van der Waals surface area contributed by atoms with Crippen molar-refractivity contribution >= 4 is 11.4 Å². The largest absolute Gasteiger partial charge is 0.396 e. The van der Waals surface area contributed by atoms with Crippen LogP contribution >= 0.6 is 0 Å². The number of benzene rings is 1. The number of ether oxygens (including phenoxy) is 1. The monoisotopic (exact) mass is 274 g/mol. The molecule has 1 fully saturated rings. The summed E-state index contributed by atoms with van der Waals surface area (Å²) in [5.41, 5.74) is 8.02. The molecule has 0 aliphatic carbocycles. The van der Waals surface area contributed by atoms with E-state index in [1.54, 1.807) is 23.0 Å². The molecule has 1 aromatic heterocycles. The first-order valence-corrected chi connectivity index (χ1v) is 6.33. The lowest BCUT2D eigenvalue weighted by Crippen LogP contribution is -2.03. The molecule has 7 nitrogen and oxygen atoms in total. The molecule has 2 aromatic rings. The van der Waals surface area contributed by atoms with Gasteiger partial charge in [0.15, 0.2) is 0 Å². The highest BCUT2D eigenvalue weighted by Gasteiger charge is 2.23. The third kappa shape index (κ3) is 2.23. The van der Waals surface area contributed by atoms with E-state index in [0.717, 1.165) is 12.1 Å². The number of hydrogen-bond donors (Lipinski definition) is 1. The molecule has 0 amide bonds. The molecule has 0 radical (unpaired) electrons. The fourth-order valence-corrected chi connectivity index (χ4v) is 2.35. The van der Waals surface area contributed by atoms with E-state index < -0.39 is 4.92 Å². The van der Waals surface area contributed by atoms with Crippen LogP contribution in [0.1, 0.15) is 18.0 Å². The van der Waals surface area contributed by atoms with E-state index in [2.05, 4.69) is 5.10 Å². The molecule has 0 saturated carbocycles. The number of anilines is 1. The summed E-state index contributed by atoms with van der Waals surface area (Å²) in [5, 5.41) is 15.3. The van der Waals surface area contributed by atoms with Gasteiger partial charge in [0.1, 0.15) is 0 Å². The van der Waals surface area contributed by atoms with E-state index in [0.29, 0.717) is 24.6 Å². The van der Waals surface area contributed by atoms with E-state index in [-0.39, 0.29) is 11.6 Å². The quantitative estimate of drug-likeness (QED) is 0.680. The maximum Gasteiger partial charge on any atom is 0.271 e. The zero-order chi connectivity index (χ0) is 14.1. The summed E-state index contributed by atoms with van der Waals surface area (Å²) >= 11 is 0. The van der Waals surface area contributed by atoms with Gasteiger partial charge in [-0.3, -0.25) is 10.1 Å². The Bertz CT molecular complexity index is 647. The van der Waals surface area contributed by atoms with Gasteiger partial charge in [-0.25, -0.2) is 4.68 Å². The predicted molar refractivity (Wildman–Crippen MR) is 72.8 cm³/mol. The van der Waals surface area contributed by atoms with E-state index in [9.17, 15) is 10.1 Å². The summed E-state index contributed by atoms with van der Waals surface area (Å²) in [7, 11) is 0. The average Bonchev–Trinajstić information content (AvgIpc) is 3.07. The molecule has 1 aromatic carbocycles. The smallest absolute Gasteiger partial charge is 0.271 e. The number of non-ortho nitro benzene ring substituents is 1. The number of nitrogens with two attached hydrogens (primary N) is 1. The molecule has 7 heteroatoms. The van der Waals surface area contributed by atoms with Crippen LogP contribution in [0.5, 0.6) is 0 Å². The molecular weight excluding hydrogens is 260 g/mol. The van der Waals surface area contributed by atoms with Crippen LogP contribution in [0.3, 0.4) is 0 Å². The number of nitrogens with zero attached hydrogens (tertiary/aromatic N) is 3. The Morgan fingerprint density at radius 3 is 3.05 bits per heavy atom. The summed E-state index contributed by atoms with van der Waals surface area (Å²) < 4.78 is 6.92. The molecule has 0 bridgehead atoms. The van der Waals surface area contributed by atoms with Crippen molar-refractivity contribution < 1.29 is 9.66 Å². The van der Waals surface area contributed by atoms with Crippen LogP contribution in [-0.2, 0) is 4.74 Å². The maximum absolute atomic E-state index is 10.8. The molecule has 1 unspecified atom stereocenters. The maximum atomic E-state index is 10.8. The van der Waals surface area contributed by atoms with Crippen LogP contribution < -0.4 is 5.73 Å². The third-order valence-corrected chi connectivity index (χ3v) is 3.39. The fourth-order valence-electron chi connectivity index (χ4n) is 2.35. The van der Waals surface area contributed by atoms with Crippen LogP contribution in [0, 0.1) is 10.1 Å². The molecule has 3 rings (SSSR count).